The van der Waals surface area contributed by atoms with Crippen LogP contribution in [0.2, 0.25) is 0 Å². The lowest BCUT2D eigenvalue weighted by atomic mass is 9.95. The van der Waals surface area contributed by atoms with Gasteiger partial charge >= 0.3 is 0 Å². The SMILES string of the molecule is C=CCC(c1ccccc1)C(O)O. The van der Waals surface area contributed by atoms with Crippen LogP contribution in [0.5, 0.6) is 0 Å². The summed E-state index contributed by atoms with van der Waals surface area (Å²) in [5, 5.41) is 18.2. The molecular weight excluding hydrogens is 164 g/mol. The summed E-state index contributed by atoms with van der Waals surface area (Å²) in [6.07, 6.45) is 0.944. The van der Waals surface area contributed by atoms with Crippen molar-refractivity contribution < 1.29 is 10.2 Å². The van der Waals surface area contributed by atoms with Crippen LogP contribution in [0.4, 0.5) is 0 Å². The monoisotopic (exact) mass is 178 g/mol. The predicted molar refractivity (Wildman–Crippen MR) is 52.2 cm³/mol. The third-order valence-corrected chi connectivity index (χ3v) is 2.01. The molecule has 1 rings (SSSR count). The minimum atomic E-state index is -1.32. The first kappa shape index (κ1) is 9.96. The van der Waals surface area contributed by atoms with Crippen LogP contribution in [-0.4, -0.2) is 16.5 Å². The zero-order valence-electron chi connectivity index (χ0n) is 7.43. The van der Waals surface area contributed by atoms with Gasteiger partial charge in [-0.3, -0.25) is 0 Å². The molecular formula is C11H14O2. The van der Waals surface area contributed by atoms with E-state index in [4.69, 9.17) is 10.2 Å². The summed E-state index contributed by atoms with van der Waals surface area (Å²) in [6, 6.07) is 9.43. The van der Waals surface area contributed by atoms with Gasteiger partial charge < -0.3 is 10.2 Å². The van der Waals surface area contributed by atoms with Crippen molar-refractivity contribution >= 4 is 0 Å². The molecule has 1 atom stereocenters. The zero-order valence-corrected chi connectivity index (χ0v) is 7.43. The number of hydrogen-bond acceptors (Lipinski definition) is 2. The van der Waals surface area contributed by atoms with Gasteiger partial charge in [0.2, 0.25) is 0 Å². The second kappa shape index (κ2) is 4.80. The number of rotatable bonds is 4. The lowest BCUT2D eigenvalue weighted by Crippen LogP contribution is -2.16. The Balaban J connectivity index is 2.82. The van der Waals surface area contributed by atoms with Crippen molar-refractivity contribution in [3.8, 4) is 0 Å². The molecule has 70 valence electrons. The van der Waals surface area contributed by atoms with Gasteiger partial charge in [0.05, 0.1) is 0 Å². The summed E-state index contributed by atoms with van der Waals surface area (Å²) in [6.45, 7) is 3.59. The first-order chi connectivity index (χ1) is 6.25. The molecule has 0 aliphatic carbocycles. The van der Waals surface area contributed by atoms with Gasteiger partial charge in [0.1, 0.15) is 0 Å². The van der Waals surface area contributed by atoms with E-state index in [1.54, 1.807) is 6.08 Å². The summed E-state index contributed by atoms with van der Waals surface area (Å²) in [7, 11) is 0. The first-order valence-corrected chi connectivity index (χ1v) is 4.27. The van der Waals surface area contributed by atoms with Crippen molar-refractivity contribution in [2.75, 3.05) is 0 Å². The second-order valence-corrected chi connectivity index (χ2v) is 2.96. The van der Waals surface area contributed by atoms with Gasteiger partial charge in [0, 0.05) is 5.92 Å². The maximum Gasteiger partial charge on any atom is 0.158 e. The van der Waals surface area contributed by atoms with Crippen LogP contribution in [0.3, 0.4) is 0 Å². The summed E-state index contributed by atoms with van der Waals surface area (Å²) < 4.78 is 0. The lowest BCUT2D eigenvalue weighted by molar-refractivity contribution is -0.0595. The van der Waals surface area contributed by atoms with Gasteiger partial charge in [0.25, 0.3) is 0 Å². The van der Waals surface area contributed by atoms with Gasteiger partial charge in [-0.05, 0) is 12.0 Å². The number of aliphatic hydroxyl groups is 2. The van der Waals surface area contributed by atoms with Crippen LogP contribution in [0.1, 0.15) is 17.9 Å². The molecule has 0 saturated carbocycles. The Morgan fingerprint density at radius 2 is 1.85 bits per heavy atom. The van der Waals surface area contributed by atoms with E-state index in [1.165, 1.54) is 0 Å². The van der Waals surface area contributed by atoms with Gasteiger partial charge in [-0.1, -0.05) is 36.4 Å². The van der Waals surface area contributed by atoms with Crippen LogP contribution in [-0.2, 0) is 0 Å². The molecule has 1 aromatic carbocycles. The van der Waals surface area contributed by atoms with E-state index in [0.717, 1.165) is 5.56 Å². The standard InChI is InChI=1S/C11H14O2/c1-2-6-10(11(12)13)9-7-4-3-5-8-9/h2-5,7-8,10-13H,1,6H2. The van der Waals surface area contributed by atoms with E-state index >= 15 is 0 Å². The normalized spacial score (nSPS) is 12.8. The highest BCUT2D eigenvalue weighted by Gasteiger charge is 2.16. The fourth-order valence-electron chi connectivity index (χ4n) is 1.31. The summed E-state index contributed by atoms with van der Waals surface area (Å²) in [5.41, 5.74) is 0.928. The fraction of sp³-hybridized carbons (Fsp3) is 0.273. The molecule has 0 aliphatic heterocycles. The molecule has 0 amide bonds. The lowest BCUT2D eigenvalue weighted by Gasteiger charge is -2.17. The van der Waals surface area contributed by atoms with Gasteiger partial charge in [0.15, 0.2) is 6.29 Å². The molecule has 13 heavy (non-hydrogen) atoms. The minimum absolute atomic E-state index is 0.265. The molecule has 0 bridgehead atoms. The molecule has 0 aromatic heterocycles. The predicted octanol–water partition coefficient (Wildman–Crippen LogP) is 1.66. The van der Waals surface area contributed by atoms with Crippen molar-refractivity contribution in [2.24, 2.45) is 0 Å². The molecule has 0 heterocycles. The van der Waals surface area contributed by atoms with Crippen LogP contribution in [0.15, 0.2) is 43.0 Å². The minimum Gasteiger partial charge on any atom is -0.368 e. The molecule has 2 nitrogen and oxygen atoms in total. The molecule has 1 aromatic rings. The molecule has 0 saturated heterocycles. The summed E-state index contributed by atoms with van der Waals surface area (Å²) in [5.74, 6) is -0.265. The van der Waals surface area contributed by atoms with E-state index in [2.05, 4.69) is 6.58 Å². The van der Waals surface area contributed by atoms with Crippen LogP contribution < -0.4 is 0 Å². The first-order valence-electron chi connectivity index (χ1n) is 4.27. The van der Waals surface area contributed by atoms with Crippen molar-refractivity contribution in [1.29, 1.82) is 0 Å². The average molecular weight is 178 g/mol. The Hall–Kier alpha value is -1.12. The smallest absolute Gasteiger partial charge is 0.158 e. The second-order valence-electron chi connectivity index (χ2n) is 2.96. The highest BCUT2D eigenvalue weighted by Crippen LogP contribution is 2.22. The van der Waals surface area contributed by atoms with Crippen molar-refractivity contribution in [2.45, 2.75) is 18.6 Å². The molecule has 0 aliphatic rings. The Kier molecular flexibility index (Phi) is 3.68. The number of benzene rings is 1. The third-order valence-electron chi connectivity index (χ3n) is 2.01. The maximum atomic E-state index is 9.10. The topological polar surface area (TPSA) is 40.5 Å². The Morgan fingerprint density at radius 3 is 2.31 bits per heavy atom. The van der Waals surface area contributed by atoms with Crippen LogP contribution in [0.25, 0.3) is 0 Å². The molecule has 2 heteroatoms. The quantitative estimate of drug-likeness (QED) is 0.543. The summed E-state index contributed by atoms with van der Waals surface area (Å²) in [4.78, 5) is 0. The van der Waals surface area contributed by atoms with E-state index in [1.807, 2.05) is 30.3 Å². The van der Waals surface area contributed by atoms with E-state index in [0.29, 0.717) is 6.42 Å². The van der Waals surface area contributed by atoms with Crippen LogP contribution >= 0.6 is 0 Å². The number of hydrogen-bond donors (Lipinski definition) is 2. The largest absolute Gasteiger partial charge is 0.368 e. The van der Waals surface area contributed by atoms with Gasteiger partial charge in [-0.15, -0.1) is 6.58 Å². The highest BCUT2D eigenvalue weighted by atomic mass is 16.5. The molecule has 0 fully saturated rings. The Bertz CT molecular complexity index is 254. The van der Waals surface area contributed by atoms with E-state index < -0.39 is 6.29 Å². The van der Waals surface area contributed by atoms with Crippen molar-refractivity contribution in [3.05, 3.63) is 48.6 Å². The Morgan fingerprint density at radius 1 is 1.23 bits per heavy atom. The third kappa shape index (κ3) is 2.68. The Labute approximate surface area is 78.2 Å². The van der Waals surface area contributed by atoms with Gasteiger partial charge in [-0.25, -0.2) is 0 Å². The fourth-order valence-corrected chi connectivity index (χ4v) is 1.31. The van der Waals surface area contributed by atoms with Gasteiger partial charge in [-0.2, -0.15) is 0 Å². The highest BCUT2D eigenvalue weighted by molar-refractivity contribution is 5.20. The molecule has 2 N–H and O–H groups in total. The maximum absolute atomic E-state index is 9.10. The van der Waals surface area contributed by atoms with Crippen molar-refractivity contribution in [3.63, 3.8) is 0 Å². The van der Waals surface area contributed by atoms with Crippen molar-refractivity contribution in [1.82, 2.24) is 0 Å². The zero-order chi connectivity index (χ0) is 9.68. The molecule has 0 radical (unpaired) electrons. The van der Waals surface area contributed by atoms with E-state index in [-0.39, 0.29) is 5.92 Å². The number of aliphatic hydroxyl groups excluding tert-OH is 1. The average Bonchev–Trinajstić information content (AvgIpc) is 2.15. The van der Waals surface area contributed by atoms with E-state index in [9.17, 15) is 0 Å². The molecule has 1 unspecified atom stereocenters. The summed E-state index contributed by atoms with van der Waals surface area (Å²) >= 11 is 0. The number of allylic oxidation sites excluding steroid dienone is 1. The molecule has 0 spiro atoms. The van der Waals surface area contributed by atoms with Crippen LogP contribution in [0, 0.1) is 0 Å².